The quantitative estimate of drug-likeness (QED) is 0.273. The maximum Gasteiger partial charge on any atom is 0.274 e. The third kappa shape index (κ3) is 6.32. The molecular weight excluding hydrogens is 444 g/mol. The van der Waals surface area contributed by atoms with Crippen LogP contribution in [0.25, 0.3) is 0 Å². The first-order valence-electron chi connectivity index (χ1n) is 10.7. The Labute approximate surface area is 196 Å². The second-order valence-electron chi connectivity index (χ2n) is 7.58. The maximum atomic E-state index is 11.4. The number of rotatable bonds is 9. The Bertz CT molecular complexity index is 1070. The van der Waals surface area contributed by atoms with Crippen LogP contribution in [0.2, 0.25) is 5.02 Å². The predicted octanol–water partition coefficient (Wildman–Crippen LogP) is 4.21. The van der Waals surface area contributed by atoms with Crippen LogP contribution in [0.4, 0.5) is 23.1 Å². The highest BCUT2D eigenvalue weighted by atomic mass is 35.5. The lowest BCUT2D eigenvalue weighted by Gasteiger charge is -2.15. The summed E-state index contributed by atoms with van der Waals surface area (Å²) in [7, 11) is 0. The van der Waals surface area contributed by atoms with Crippen LogP contribution in [0.5, 0.6) is 5.75 Å². The van der Waals surface area contributed by atoms with E-state index in [0.717, 1.165) is 31.1 Å². The molecule has 1 saturated heterocycles. The summed E-state index contributed by atoms with van der Waals surface area (Å²) < 4.78 is 5.84. The molecule has 1 aliphatic heterocycles. The van der Waals surface area contributed by atoms with Crippen LogP contribution in [-0.4, -0.2) is 52.2 Å². The van der Waals surface area contributed by atoms with E-state index in [1.807, 2.05) is 24.3 Å². The van der Waals surface area contributed by atoms with E-state index in [9.17, 15) is 4.79 Å². The van der Waals surface area contributed by atoms with Crippen LogP contribution >= 0.6 is 11.6 Å². The smallest absolute Gasteiger partial charge is 0.274 e. The second-order valence-corrected chi connectivity index (χ2v) is 7.99. The molecule has 1 aliphatic rings. The molecule has 1 amide bonds. The first-order chi connectivity index (χ1) is 16.1. The number of anilines is 4. The molecule has 0 radical (unpaired) electrons. The number of halogens is 1. The third-order valence-corrected chi connectivity index (χ3v) is 5.52. The number of amides is 1. The van der Waals surface area contributed by atoms with Crippen molar-refractivity contribution in [3.8, 4) is 5.75 Å². The second kappa shape index (κ2) is 11.0. The Kier molecular flexibility index (Phi) is 7.56. The summed E-state index contributed by atoms with van der Waals surface area (Å²) in [6, 6.07) is 14.1. The van der Waals surface area contributed by atoms with Gasteiger partial charge in [0.1, 0.15) is 17.4 Å². The van der Waals surface area contributed by atoms with E-state index in [1.165, 1.54) is 19.0 Å². The molecule has 4 N–H and O–H groups in total. The van der Waals surface area contributed by atoms with Crippen molar-refractivity contribution in [3.63, 3.8) is 0 Å². The van der Waals surface area contributed by atoms with E-state index in [4.69, 9.17) is 21.5 Å². The molecule has 10 heteroatoms. The van der Waals surface area contributed by atoms with Crippen molar-refractivity contribution in [2.45, 2.75) is 12.8 Å². The highest BCUT2D eigenvalue weighted by Crippen LogP contribution is 2.25. The van der Waals surface area contributed by atoms with E-state index in [-0.39, 0.29) is 0 Å². The summed E-state index contributed by atoms with van der Waals surface area (Å²) in [6.07, 6.45) is 4.06. The highest BCUT2D eigenvalue weighted by molar-refractivity contribution is 6.32. The van der Waals surface area contributed by atoms with Gasteiger partial charge in [-0.05, 0) is 74.5 Å². The van der Waals surface area contributed by atoms with Gasteiger partial charge in [0.05, 0.1) is 6.20 Å². The molecule has 0 atom stereocenters. The van der Waals surface area contributed by atoms with Gasteiger partial charge < -0.3 is 15.4 Å². The van der Waals surface area contributed by atoms with E-state index in [0.29, 0.717) is 34.6 Å². The summed E-state index contributed by atoms with van der Waals surface area (Å²) in [4.78, 5) is 22.5. The summed E-state index contributed by atoms with van der Waals surface area (Å²) >= 11 is 6.24. The SMILES string of the molecule is O=C(NO)c1ccc(Nc2nc(Nc3ccc(OCCN4CCCC4)cc3)ncc2Cl)cc1. The molecule has 0 spiro atoms. The van der Waals surface area contributed by atoms with Crippen LogP contribution < -0.4 is 20.9 Å². The largest absolute Gasteiger partial charge is 0.492 e. The van der Waals surface area contributed by atoms with Crippen LogP contribution in [0.15, 0.2) is 54.7 Å². The van der Waals surface area contributed by atoms with Crippen molar-refractivity contribution in [2.75, 3.05) is 36.9 Å². The zero-order valence-corrected chi connectivity index (χ0v) is 18.7. The number of benzene rings is 2. The normalized spacial score (nSPS) is 13.5. The highest BCUT2D eigenvalue weighted by Gasteiger charge is 2.11. The van der Waals surface area contributed by atoms with Gasteiger partial charge in [-0.2, -0.15) is 4.98 Å². The van der Waals surface area contributed by atoms with Gasteiger partial charge >= 0.3 is 0 Å². The van der Waals surface area contributed by atoms with Crippen LogP contribution in [-0.2, 0) is 0 Å². The number of carbonyl (C=O) groups excluding carboxylic acids is 1. The fraction of sp³-hybridized carbons (Fsp3) is 0.261. The molecule has 0 aliphatic carbocycles. The number of carbonyl (C=O) groups is 1. The molecule has 2 heterocycles. The Morgan fingerprint density at radius 3 is 2.39 bits per heavy atom. The van der Waals surface area contributed by atoms with Gasteiger partial charge in [-0.25, -0.2) is 10.5 Å². The van der Waals surface area contributed by atoms with E-state index in [1.54, 1.807) is 29.7 Å². The zero-order chi connectivity index (χ0) is 23.0. The van der Waals surface area contributed by atoms with E-state index in [2.05, 4.69) is 25.5 Å². The Morgan fingerprint density at radius 2 is 1.70 bits per heavy atom. The number of hydroxylamine groups is 1. The van der Waals surface area contributed by atoms with Gasteiger partial charge in [0.15, 0.2) is 5.82 Å². The number of hydrogen-bond donors (Lipinski definition) is 4. The van der Waals surface area contributed by atoms with Crippen LogP contribution in [0, 0.1) is 0 Å². The van der Waals surface area contributed by atoms with Crippen molar-refractivity contribution >= 4 is 40.6 Å². The fourth-order valence-electron chi connectivity index (χ4n) is 3.48. The van der Waals surface area contributed by atoms with Crippen molar-refractivity contribution in [2.24, 2.45) is 0 Å². The molecule has 0 bridgehead atoms. The minimum Gasteiger partial charge on any atom is -0.492 e. The number of ether oxygens (including phenoxy) is 1. The van der Waals surface area contributed by atoms with Crippen LogP contribution in [0.3, 0.4) is 0 Å². The Balaban J connectivity index is 1.34. The monoisotopic (exact) mass is 468 g/mol. The number of nitrogens with one attached hydrogen (secondary N) is 3. The minimum absolute atomic E-state index is 0.322. The topological polar surface area (TPSA) is 112 Å². The number of likely N-dealkylation sites (tertiary alicyclic amines) is 1. The molecule has 3 aromatic rings. The molecule has 33 heavy (non-hydrogen) atoms. The van der Waals surface area contributed by atoms with Gasteiger partial charge in [-0.1, -0.05) is 11.6 Å². The fourth-order valence-corrected chi connectivity index (χ4v) is 3.62. The standard InChI is InChI=1S/C23H25ClN6O3/c24-20-15-25-23(28-21(20)26-17-5-3-16(4-6-17)22(31)29-32)27-18-7-9-19(10-8-18)33-14-13-30-11-1-2-12-30/h3-10,15,32H,1-2,11-14H2,(H,29,31)(H2,25,26,27,28). The van der Waals surface area contributed by atoms with Crippen molar-refractivity contribution in [1.82, 2.24) is 20.3 Å². The van der Waals surface area contributed by atoms with Crippen LogP contribution in [0.1, 0.15) is 23.2 Å². The average molecular weight is 469 g/mol. The van der Waals surface area contributed by atoms with Gasteiger partial charge in [-0.3, -0.25) is 14.9 Å². The van der Waals surface area contributed by atoms with Gasteiger partial charge in [-0.15, -0.1) is 0 Å². The summed E-state index contributed by atoms with van der Waals surface area (Å²) in [5, 5.41) is 15.3. The van der Waals surface area contributed by atoms with Gasteiger partial charge in [0.2, 0.25) is 5.95 Å². The maximum absolute atomic E-state index is 11.4. The Morgan fingerprint density at radius 1 is 1.03 bits per heavy atom. The average Bonchev–Trinajstić information content (AvgIpc) is 3.36. The molecular formula is C23H25ClN6O3. The lowest BCUT2D eigenvalue weighted by molar-refractivity contribution is 0.0706. The first kappa shape index (κ1) is 22.8. The van der Waals surface area contributed by atoms with Crippen molar-refractivity contribution in [1.29, 1.82) is 0 Å². The van der Waals surface area contributed by atoms with Gasteiger partial charge in [0, 0.05) is 23.5 Å². The molecule has 0 unspecified atom stereocenters. The lowest BCUT2D eigenvalue weighted by Crippen LogP contribution is -2.25. The molecule has 0 saturated carbocycles. The van der Waals surface area contributed by atoms with E-state index >= 15 is 0 Å². The molecule has 9 nitrogen and oxygen atoms in total. The van der Waals surface area contributed by atoms with Crippen molar-refractivity contribution < 1.29 is 14.7 Å². The summed E-state index contributed by atoms with van der Waals surface area (Å²) in [5.74, 6) is 1.02. The third-order valence-electron chi connectivity index (χ3n) is 5.24. The number of hydrogen-bond acceptors (Lipinski definition) is 8. The molecule has 1 aromatic heterocycles. The first-order valence-corrected chi connectivity index (χ1v) is 11.0. The predicted molar refractivity (Wildman–Crippen MR) is 127 cm³/mol. The molecule has 1 fully saturated rings. The van der Waals surface area contributed by atoms with Gasteiger partial charge in [0.25, 0.3) is 5.91 Å². The summed E-state index contributed by atoms with van der Waals surface area (Å²) in [5.41, 5.74) is 3.40. The Hall–Kier alpha value is -3.40. The molecule has 2 aromatic carbocycles. The molecule has 172 valence electrons. The van der Waals surface area contributed by atoms with E-state index < -0.39 is 5.91 Å². The molecule has 4 rings (SSSR count). The summed E-state index contributed by atoms with van der Waals surface area (Å²) in [6.45, 7) is 3.95. The zero-order valence-electron chi connectivity index (χ0n) is 17.9. The minimum atomic E-state index is -0.587. The number of nitrogens with zero attached hydrogens (tertiary/aromatic N) is 3. The lowest BCUT2D eigenvalue weighted by atomic mass is 10.2. The van der Waals surface area contributed by atoms with Crippen molar-refractivity contribution in [3.05, 3.63) is 65.3 Å². The number of aromatic nitrogens is 2.